The highest BCUT2D eigenvalue weighted by Crippen LogP contribution is 2.10. The molecule has 5 heteroatoms. The Hall–Kier alpha value is -1.81. The van der Waals surface area contributed by atoms with Crippen LogP contribution >= 0.6 is 11.6 Å². The number of carbonyl (C=O) groups is 1. The lowest BCUT2D eigenvalue weighted by molar-refractivity contribution is -0.116. The summed E-state index contributed by atoms with van der Waals surface area (Å²) in [4.78, 5) is 12.0. The molecule has 1 unspecified atom stereocenters. The van der Waals surface area contributed by atoms with E-state index >= 15 is 0 Å². The molecule has 100 valence electrons. The maximum atomic E-state index is 12.0. The van der Waals surface area contributed by atoms with Crippen LogP contribution in [0, 0.1) is 13.8 Å². The molecule has 1 aromatic carbocycles. The van der Waals surface area contributed by atoms with Gasteiger partial charge in [0, 0.05) is 11.4 Å². The smallest absolute Gasteiger partial charge is 0.244 e. The van der Waals surface area contributed by atoms with Crippen molar-refractivity contribution in [3.63, 3.8) is 0 Å². The molecule has 0 bridgehead atoms. The zero-order valence-corrected chi connectivity index (χ0v) is 11.7. The molecule has 4 nitrogen and oxygen atoms in total. The van der Waals surface area contributed by atoms with Crippen LogP contribution in [-0.2, 0) is 11.3 Å². The van der Waals surface area contributed by atoms with Crippen molar-refractivity contribution in [1.29, 1.82) is 0 Å². The number of anilines is 1. The van der Waals surface area contributed by atoms with Crippen molar-refractivity contribution in [1.82, 2.24) is 9.78 Å². The van der Waals surface area contributed by atoms with Crippen LogP contribution in [0.5, 0.6) is 0 Å². The van der Waals surface area contributed by atoms with Gasteiger partial charge in [-0.2, -0.15) is 5.10 Å². The predicted octanol–water partition coefficient (Wildman–Crippen LogP) is 2.75. The maximum Gasteiger partial charge on any atom is 0.244 e. The van der Waals surface area contributed by atoms with Crippen molar-refractivity contribution in [3.05, 3.63) is 47.8 Å². The number of alkyl halides is 1. The van der Waals surface area contributed by atoms with Crippen molar-refractivity contribution in [2.24, 2.45) is 0 Å². The topological polar surface area (TPSA) is 46.9 Å². The fourth-order valence-corrected chi connectivity index (χ4v) is 2.02. The molecule has 0 aliphatic rings. The number of aryl methyl sites for hydroxylation is 2. The van der Waals surface area contributed by atoms with Crippen molar-refractivity contribution >= 4 is 23.2 Å². The van der Waals surface area contributed by atoms with Gasteiger partial charge in [0.1, 0.15) is 5.38 Å². The molecule has 1 atom stereocenters. The van der Waals surface area contributed by atoms with Crippen LogP contribution in [0.4, 0.5) is 5.69 Å². The third-order valence-electron chi connectivity index (χ3n) is 2.76. The van der Waals surface area contributed by atoms with E-state index in [0.29, 0.717) is 6.54 Å². The fourth-order valence-electron chi connectivity index (χ4n) is 1.84. The minimum absolute atomic E-state index is 0.222. The summed E-state index contributed by atoms with van der Waals surface area (Å²) in [5.41, 5.74) is 2.66. The van der Waals surface area contributed by atoms with Gasteiger partial charge in [0.05, 0.1) is 12.2 Å². The highest BCUT2D eigenvalue weighted by molar-refractivity contribution is 6.32. The molecule has 0 aliphatic carbocycles. The first-order valence-corrected chi connectivity index (χ1v) is 6.51. The van der Waals surface area contributed by atoms with E-state index in [0.717, 1.165) is 17.1 Å². The van der Waals surface area contributed by atoms with E-state index in [1.165, 1.54) is 0 Å². The first-order valence-electron chi connectivity index (χ1n) is 6.07. The molecule has 1 N–H and O–H groups in total. The number of benzene rings is 1. The molecule has 0 saturated heterocycles. The Morgan fingerprint density at radius 2 is 2.05 bits per heavy atom. The fraction of sp³-hybridized carbons (Fsp3) is 0.286. The summed E-state index contributed by atoms with van der Waals surface area (Å²) >= 11 is 6.12. The van der Waals surface area contributed by atoms with Gasteiger partial charge < -0.3 is 5.32 Å². The average molecular weight is 278 g/mol. The number of nitrogens with zero attached hydrogens (tertiary/aromatic N) is 2. The third-order valence-corrected chi connectivity index (χ3v) is 3.10. The number of halogens is 1. The van der Waals surface area contributed by atoms with Gasteiger partial charge in [0.25, 0.3) is 0 Å². The summed E-state index contributed by atoms with van der Waals surface area (Å²) in [7, 11) is 0. The molecule has 0 aliphatic heterocycles. The second kappa shape index (κ2) is 5.89. The number of hydrogen-bond donors (Lipinski definition) is 1. The predicted molar refractivity (Wildman–Crippen MR) is 76.4 cm³/mol. The van der Waals surface area contributed by atoms with Gasteiger partial charge in [-0.3, -0.25) is 9.48 Å². The van der Waals surface area contributed by atoms with Crippen LogP contribution in [0.25, 0.3) is 0 Å². The maximum absolute atomic E-state index is 12.0. The van der Waals surface area contributed by atoms with Gasteiger partial charge in [-0.25, -0.2) is 0 Å². The van der Waals surface area contributed by atoms with E-state index < -0.39 is 5.38 Å². The van der Waals surface area contributed by atoms with Crippen LogP contribution in [0.15, 0.2) is 36.4 Å². The Morgan fingerprint density at radius 1 is 1.37 bits per heavy atom. The Kier molecular flexibility index (Phi) is 4.22. The van der Waals surface area contributed by atoms with E-state index in [-0.39, 0.29) is 5.91 Å². The molecule has 0 saturated carbocycles. The molecule has 0 fully saturated rings. The lowest BCUT2D eigenvalue weighted by Gasteiger charge is -2.11. The van der Waals surface area contributed by atoms with Crippen LogP contribution in [0.1, 0.15) is 11.4 Å². The van der Waals surface area contributed by atoms with Gasteiger partial charge in [0.2, 0.25) is 5.91 Å². The van der Waals surface area contributed by atoms with Gasteiger partial charge in [-0.15, -0.1) is 11.6 Å². The SMILES string of the molecule is Cc1cc(C)n(CC(Cl)C(=O)Nc2ccccc2)n1. The largest absolute Gasteiger partial charge is 0.325 e. The summed E-state index contributed by atoms with van der Waals surface area (Å²) in [5.74, 6) is -0.222. The first kappa shape index (κ1) is 13.6. The lowest BCUT2D eigenvalue weighted by Crippen LogP contribution is -2.28. The molecule has 0 radical (unpaired) electrons. The number of hydrogen-bond acceptors (Lipinski definition) is 2. The van der Waals surface area contributed by atoms with Gasteiger partial charge in [0.15, 0.2) is 0 Å². The first-order chi connectivity index (χ1) is 9.06. The van der Waals surface area contributed by atoms with Crippen molar-refractivity contribution in [2.75, 3.05) is 5.32 Å². The zero-order valence-electron chi connectivity index (χ0n) is 10.9. The van der Waals surface area contributed by atoms with E-state index in [1.54, 1.807) is 4.68 Å². The number of nitrogens with one attached hydrogen (secondary N) is 1. The third kappa shape index (κ3) is 3.58. The normalized spacial score (nSPS) is 12.2. The number of amides is 1. The number of aromatic nitrogens is 2. The summed E-state index contributed by atoms with van der Waals surface area (Å²) in [6.07, 6.45) is 0. The van der Waals surface area contributed by atoms with Gasteiger partial charge in [-0.1, -0.05) is 18.2 Å². The second-order valence-corrected chi connectivity index (χ2v) is 4.96. The van der Waals surface area contributed by atoms with Gasteiger partial charge >= 0.3 is 0 Å². The van der Waals surface area contributed by atoms with Gasteiger partial charge in [-0.05, 0) is 32.0 Å². The quantitative estimate of drug-likeness (QED) is 0.874. The van der Waals surface area contributed by atoms with Crippen molar-refractivity contribution in [3.8, 4) is 0 Å². The standard InChI is InChI=1S/C14H16ClN3O/c1-10-8-11(2)18(17-10)9-13(15)14(19)16-12-6-4-3-5-7-12/h3-8,13H,9H2,1-2H3,(H,16,19). The monoisotopic (exact) mass is 277 g/mol. The Morgan fingerprint density at radius 3 is 2.63 bits per heavy atom. The van der Waals surface area contributed by atoms with Crippen molar-refractivity contribution in [2.45, 2.75) is 25.8 Å². The number of para-hydroxylation sites is 1. The minimum Gasteiger partial charge on any atom is -0.325 e. The van der Waals surface area contributed by atoms with E-state index in [1.807, 2.05) is 50.2 Å². The highest BCUT2D eigenvalue weighted by atomic mass is 35.5. The summed E-state index contributed by atoms with van der Waals surface area (Å²) in [5, 5.41) is 6.41. The van der Waals surface area contributed by atoms with Crippen LogP contribution in [0.2, 0.25) is 0 Å². The molecule has 19 heavy (non-hydrogen) atoms. The Labute approximate surface area is 117 Å². The summed E-state index contributed by atoms with van der Waals surface area (Å²) in [6, 6.07) is 11.2. The van der Waals surface area contributed by atoms with E-state index in [2.05, 4.69) is 10.4 Å². The lowest BCUT2D eigenvalue weighted by atomic mass is 10.3. The Bertz CT molecular complexity index is 565. The molecule has 2 rings (SSSR count). The second-order valence-electron chi connectivity index (χ2n) is 4.43. The van der Waals surface area contributed by atoms with Crippen LogP contribution in [-0.4, -0.2) is 21.1 Å². The minimum atomic E-state index is -0.654. The number of carbonyl (C=O) groups excluding carboxylic acids is 1. The highest BCUT2D eigenvalue weighted by Gasteiger charge is 2.17. The molecule has 2 aromatic rings. The van der Waals surface area contributed by atoms with E-state index in [9.17, 15) is 4.79 Å². The van der Waals surface area contributed by atoms with Crippen LogP contribution in [0.3, 0.4) is 0 Å². The Balaban J connectivity index is 1.98. The average Bonchev–Trinajstić information content (AvgIpc) is 2.69. The number of rotatable bonds is 4. The zero-order chi connectivity index (χ0) is 13.8. The molecular formula is C14H16ClN3O. The molecule has 0 spiro atoms. The molecule has 1 aromatic heterocycles. The summed E-state index contributed by atoms with van der Waals surface area (Å²) in [6.45, 7) is 4.22. The van der Waals surface area contributed by atoms with E-state index in [4.69, 9.17) is 11.6 Å². The van der Waals surface area contributed by atoms with Crippen LogP contribution < -0.4 is 5.32 Å². The molecule has 1 heterocycles. The van der Waals surface area contributed by atoms with Crippen molar-refractivity contribution < 1.29 is 4.79 Å². The molecule has 1 amide bonds. The summed E-state index contributed by atoms with van der Waals surface area (Å²) < 4.78 is 1.75. The molecular weight excluding hydrogens is 262 g/mol.